The fourth-order valence-corrected chi connectivity index (χ4v) is 13.1. The van der Waals surface area contributed by atoms with E-state index in [0.29, 0.717) is 5.56 Å². The third-order valence-electron chi connectivity index (χ3n) is 17.4. The fraction of sp³-hybridized carbons (Fsp3) is 0.719. The van der Waals surface area contributed by atoms with Crippen LogP contribution in [0, 0.1) is 5.92 Å². The van der Waals surface area contributed by atoms with Crippen molar-refractivity contribution in [1.29, 1.82) is 0 Å². The maximum Gasteiger partial charge on any atom is 0.364 e. The number of nitrogens with two attached hydrogens (primary N) is 1. The molecule has 8 rings (SSSR count). The summed E-state index contributed by atoms with van der Waals surface area (Å²) >= 11 is 0. The summed E-state index contributed by atoms with van der Waals surface area (Å²) in [6.45, 7) is -2.90. The minimum atomic E-state index is -5.93. The topological polar surface area (TPSA) is 672 Å². The Morgan fingerprint density at radius 3 is 1.93 bits per heavy atom. The number of aryl methyl sites for hydroxylation is 1. The number of nitrogen functional groups attached to an aromatic ring is 1. The number of nitrogens with zero attached hydrogens (tertiary/aromatic N) is 2. The number of phosphoric ester groups is 1. The van der Waals surface area contributed by atoms with Crippen molar-refractivity contribution in [2.75, 3.05) is 45.3 Å². The van der Waals surface area contributed by atoms with Gasteiger partial charge >= 0.3 is 11.7 Å². The first-order valence-electron chi connectivity index (χ1n) is 31.5. The molecule has 1 aromatic carbocycles. The van der Waals surface area contributed by atoms with Gasteiger partial charge in [0.05, 0.1) is 57.4 Å². The van der Waals surface area contributed by atoms with E-state index < -0.39 is 261 Å². The maximum atomic E-state index is 13.3. The number of carbonyl (C=O) groups is 6. The van der Waals surface area contributed by atoms with Crippen LogP contribution in [-0.2, 0) is 101 Å². The number of aliphatic hydroxyl groups excluding tert-OH is 14. The van der Waals surface area contributed by atoms with E-state index in [4.69, 9.17) is 71.6 Å². The second kappa shape index (κ2) is 35.8. The van der Waals surface area contributed by atoms with Crippen LogP contribution in [0.3, 0.4) is 0 Å². The van der Waals surface area contributed by atoms with Crippen LogP contribution in [0.4, 0.5) is 5.82 Å². The van der Waals surface area contributed by atoms with Crippen LogP contribution >= 0.6 is 7.82 Å². The van der Waals surface area contributed by atoms with Gasteiger partial charge in [0.25, 0.3) is 32.5 Å². The van der Waals surface area contributed by atoms with Crippen LogP contribution < -0.4 is 32.3 Å². The van der Waals surface area contributed by atoms with Gasteiger partial charge in [-0.1, -0.05) is 12.1 Å². The van der Waals surface area contributed by atoms with E-state index in [2.05, 4.69) is 20.9 Å². The number of nitrogens with one attached hydrogen (secondary N) is 3. The molecule has 2 aromatic rings. The normalized spacial score (nSPS) is 38.3. The highest BCUT2D eigenvalue weighted by Crippen LogP contribution is 2.50. The third-order valence-corrected chi connectivity index (χ3v) is 18.4. The van der Waals surface area contributed by atoms with E-state index in [1.165, 1.54) is 30.3 Å². The third kappa shape index (κ3) is 19.3. The van der Waals surface area contributed by atoms with E-state index in [-0.39, 0.29) is 43.7 Å². The predicted molar refractivity (Wildman–Crippen MR) is 319 cm³/mol. The number of carbonyl (C=O) groups excluding carboxylic acids is 5. The van der Waals surface area contributed by atoms with Crippen LogP contribution in [0.1, 0.15) is 55.3 Å². The van der Waals surface area contributed by atoms with E-state index in [0.717, 1.165) is 24.6 Å². The van der Waals surface area contributed by atoms with Gasteiger partial charge in [0.15, 0.2) is 43.6 Å². The molecule has 3 amide bonds. The Kier molecular flexibility index (Phi) is 28.6. The number of hydrogen-bond acceptors (Lipinski definition) is 39. The summed E-state index contributed by atoms with van der Waals surface area (Å²) in [5.74, 6) is -9.18. The monoisotopic (exact) mass is 1490 g/mol. The Morgan fingerprint density at radius 1 is 0.745 bits per heavy atom. The summed E-state index contributed by atoms with van der Waals surface area (Å²) in [7, 11) is -5.93. The zero-order valence-electron chi connectivity index (χ0n) is 53.9. The largest absolute Gasteiger partial charge is 0.756 e. The van der Waals surface area contributed by atoms with E-state index in [1.807, 2.05) is 0 Å². The molecule has 0 spiro atoms. The number of phosphoric acid groups is 1. The lowest BCUT2D eigenvalue weighted by molar-refractivity contribution is -0.391. The molecule has 0 aliphatic carbocycles. The number of carboxylic acid groups (broad SMARTS) is 1. The number of aliphatic carboxylic acids is 1. The highest BCUT2D eigenvalue weighted by Gasteiger charge is 2.59. The number of ether oxygens (including phenoxy) is 12. The van der Waals surface area contributed by atoms with Gasteiger partial charge in [0, 0.05) is 50.9 Å². The lowest BCUT2D eigenvalue weighted by atomic mass is 9.80. The number of anilines is 1. The quantitative estimate of drug-likeness (QED) is 0.0184. The van der Waals surface area contributed by atoms with Crippen LogP contribution in [0.2, 0.25) is 0 Å². The molecule has 574 valence electrons. The molecular weight excluding hydrogens is 1410 g/mol. The molecule has 44 nitrogen and oxygen atoms in total. The number of rotatable bonds is 32. The highest BCUT2D eigenvalue weighted by molar-refractivity contribution is 7.46. The second-order valence-electron chi connectivity index (χ2n) is 24.4. The number of amides is 3. The van der Waals surface area contributed by atoms with Gasteiger partial charge in [-0.25, -0.2) is 9.59 Å². The number of benzene rings is 1. The van der Waals surface area contributed by atoms with Gasteiger partial charge in [-0.05, 0) is 36.6 Å². The highest BCUT2D eigenvalue weighted by atomic mass is 31.2. The van der Waals surface area contributed by atoms with E-state index in [1.54, 1.807) is 0 Å². The maximum absolute atomic E-state index is 13.3. The summed E-state index contributed by atoms with van der Waals surface area (Å²) < 4.78 is 90.9. The molecule has 30 atom stereocenters. The lowest BCUT2D eigenvalue weighted by Crippen LogP contribution is -2.68. The van der Waals surface area contributed by atoms with Gasteiger partial charge in [-0.3, -0.25) is 37.6 Å². The molecule has 102 heavy (non-hydrogen) atoms. The molecule has 0 radical (unpaired) electrons. The number of aliphatic hydroxyl groups is 14. The standard InChI is InChI=1S/C57H83N6O38P/c1-21(69)60-26-13-29(93-52-43(81)40(78)46(54(99-52)90-20-68)97-50-34(61-22(2)70)38(76)36(74)31(17-66)95-50)30(16-65)94-49(26)96-45-39(77)42(80)51(98-53(45)89-19-67)88-12-10-59-47(82)24-6-3-23(4-7-24)5-8-25-27(71)14-57(55(83)84,100-44(25)35(73)28(72)15-64)101-102(86,87)91-18-32-37(75)41(79)48(92-32)63-11-9-33(58)62-56(63)85/h3-4,6-7,9,11,19-20,25-32,34-46,48-54,64-66,71-81H,5,8,10,12-18H2,1-2H3,(H,59,82)(H,60,69)(H,61,70)(H,83,84)(H,86,87)(H2,58,62,85)/p-1/t25-,26?,27-,28-,29+,30?,31?,32-,34?,35-,36-,37+,38-,39-,40-,41?,42?,43?,44?,45+,46+,48-,49-,50-,51-,52-,53?,54?,57-/m1/s1. The van der Waals surface area contributed by atoms with E-state index in [9.17, 15) is 120 Å². The summed E-state index contributed by atoms with van der Waals surface area (Å²) in [6, 6.07) is 3.92. The second-order valence-corrected chi connectivity index (χ2v) is 25.7. The Bertz CT molecular complexity index is 3240. The smallest absolute Gasteiger partial charge is 0.364 e. The van der Waals surface area contributed by atoms with Crippen molar-refractivity contribution >= 4 is 50.3 Å². The molecule has 6 saturated heterocycles. The van der Waals surface area contributed by atoms with Crippen LogP contribution in [-0.4, -0.2) is 328 Å². The fourth-order valence-electron chi connectivity index (χ4n) is 12.2. The first kappa shape index (κ1) is 81.5. The number of aromatic nitrogens is 2. The van der Waals surface area contributed by atoms with Crippen molar-refractivity contribution in [3.05, 3.63) is 58.1 Å². The Labute approximate surface area is 575 Å². The Balaban J connectivity index is 0.829. The van der Waals surface area contributed by atoms with Gasteiger partial charge in [-0.2, -0.15) is 4.98 Å². The van der Waals surface area contributed by atoms with Gasteiger partial charge in [0.2, 0.25) is 24.4 Å². The van der Waals surface area contributed by atoms with Crippen molar-refractivity contribution in [3.8, 4) is 0 Å². The lowest BCUT2D eigenvalue weighted by Gasteiger charge is -2.48. The Morgan fingerprint density at radius 2 is 1.34 bits per heavy atom. The molecule has 1 aromatic heterocycles. The van der Waals surface area contributed by atoms with E-state index >= 15 is 0 Å². The molecule has 0 bridgehead atoms. The van der Waals surface area contributed by atoms with Crippen molar-refractivity contribution in [2.24, 2.45) is 5.92 Å². The van der Waals surface area contributed by atoms with Crippen LogP contribution in [0.5, 0.6) is 0 Å². The summed E-state index contributed by atoms with van der Waals surface area (Å²) in [5, 5.41) is 168. The van der Waals surface area contributed by atoms with Gasteiger partial charge < -0.3 is 165 Å². The molecule has 6 fully saturated rings. The Hall–Kier alpha value is -6.13. The zero-order chi connectivity index (χ0) is 74.8. The van der Waals surface area contributed by atoms with Crippen LogP contribution in [0.25, 0.3) is 0 Å². The van der Waals surface area contributed by atoms with Gasteiger partial charge in [0.1, 0.15) is 91.2 Å². The van der Waals surface area contributed by atoms with Crippen molar-refractivity contribution in [3.63, 3.8) is 0 Å². The molecule has 20 N–H and O–H groups in total. The van der Waals surface area contributed by atoms with Crippen LogP contribution in [0.15, 0.2) is 41.3 Å². The average molecular weight is 1490 g/mol. The molecule has 11 unspecified atom stereocenters. The molecule has 45 heteroatoms. The summed E-state index contributed by atoms with van der Waals surface area (Å²) in [6.07, 6.45) is -47.1. The SMILES string of the molecule is CC(=O)NC1C[C@H](O[C@@H]2OC(OC=O)[C@@H](O[C@H]3OC(CO)[C@@H](O)[C@H](O)C3NC(C)=O)[C@H](O)C2O)C(CO)O[C@@H]1O[C@@H]1C(OC=O)O[C@@H](OCCNC(=O)c2ccc(CC[C@H]3C([C@H](O)[C@H](O)CO)O[C@](OP(=O)([O-])OC[C@H]4O[C@@H](n5ccc(N)nc5=O)C(O)[C@H]4O)(C(=O)O)C[C@H]3O)cc2)C(O)[C@H]1O. The minimum Gasteiger partial charge on any atom is -0.756 e. The first-order chi connectivity index (χ1) is 48.3. The van der Waals surface area contributed by atoms with Gasteiger partial charge in [-0.15, -0.1) is 0 Å². The van der Waals surface area contributed by atoms with Crippen molar-refractivity contribution in [2.45, 2.75) is 211 Å². The van der Waals surface area contributed by atoms with Crippen molar-refractivity contribution in [1.82, 2.24) is 25.5 Å². The first-order valence-corrected chi connectivity index (χ1v) is 32.9. The average Bonchev–Trinajstić information content (AvgIpc) is 0.893. The molecule has 6 aliphatic rings. The number of hydrogen-bond donors (Lipinski definition) is 19. The molecule has 6 aliphatic heterocycles. The summed E-state index contributed by atoms with van der Waals surface area (Å²) in [4.78, 5) is 103. The zero-order valence-corrected chi connectivity index (χ0v) is 54.8. The summed E-state index contributed by atoms with van der Waals surface area (Å²) in [5.41, 5.74) is 5.00. The molecule has 0 saturated carbocycles. The van der Waals surface area contributed by atoms with Crippen molar-refractivity contribution < 1.29 is 181 Å². The molecular formula is C57H82N6O38P-. The molecule has 7 heterocycles. The number of carboxylic acids is 1. The minimum absolute atomic E-state index is 0.0210. The predicted octanol–water partition coefficient (Wildman–Crippen LogP) is -11.5.